The van der Waals surface area contributed by atoms with E-state index in [2.05, 4.69) is 25.3 Å². The van der Waals surface area contributed by atoms with E-state index < -0.39 is 17.6 Å². The third-order valence-corrected chi connectivity index (χ3v) is 6.08. The molecule has 0 radical (unpaired) electrons. The Morgan fingerprint density at radius 1 is 1.14 bits per heavy atom. The molecule has 2 aromatic heterocycles. The highest BCUT2D eigenvalue weighted by Gasteiger charge is 2.35. The van der Waals surface area contributed by atoms with Crippen LogP contribution in [0.25, 0.3) is 11.4 Å². The van der Waals surface area contributed by atoms with Gasteiger partial charge in [-0.1, -0.05) is 6.92 Å². The Morgan fingerprint density at radius 2 is 1.83 bits per heavy atom. The van der Waals surface area contributed by atoms with Crippen LogP contribution in [0.2, 0.25) is 0 Å². The van der Waals surface area contributed by atoms with Crippen molar-refractivity contribution in [2.75, 3.05) is 18.4 Å². The predicted molar refractivity (Wildman–Crippen MR) is 121 cm³/mol. The molecule has 0 aliphatic carbocycles. The van der Waals surface area contributed by atoms with E-state index in [-0.39, 0.29) is 47.3 Å². The lowest BCUT2D eigenvalue weighted by molar-refractivity contribution is -0.138. The number of halogens is 4. The highest BCUT2D eigenvalue weighted by molar-refractivity contribution is 6.00. The number of hydrogen-bond donors (Lipinski definition) is 1. The normalized spacial score (nSPS) is 18.4. The Kier molecular flexibility index (Phi) is 6.95. The molecule has 1 aromatic carbocycles. The van der Waals surface area contributed by atoms with E-state index in [1.807, 2.05) is 6.92 Å². The topological polar surface area (TPSA) is 83.9 Å². The van der Waals surface area contributed by atoms with Gasteiger partial charge in [-0.05, 0) is 49.4 Å². The second kappa shape index (κ2) is 9.93. The Bertz CT molecular complexity index is 1190. The largest absolute Gasteiger partial charge is 0.419 e. The monoisotopic (exact) mass is 488 g/mol. The van der Waals surface area contributed by atoms with Crippen molar-refractivity contribution in [1.29, 1.82) is 0 Å². The average Bonchev–Trinajstić information content (AvgIpc) is 2.82. The molecule has 0 saturated carbocycles. The van der Waals surface area contributed by atoms with Crippen LogP contribution in [0.3, 0.4) is 0 Å². The number of nitrogens with one attached hydrogen (secondary N) is 1. The zero-order valence-electron chi connectivity index (χ0n) is 19.2. The lowest BCUT2D eigenvalue weighted by Crippen LogP contribution is -2.51. The first-order valence-electron chi connectivity index (χ1n) is 11.2. The van der Waals surface area contributed by atoms with Crippen LogP contribution in [0.5, 0.6) is 0 Å². The van der Waals surface area contributed by atoms with Crippen molar-refractivity contribution < 1.29 is 22.4 Å². The number of benzene rings is 1. The fraction of sp³-hybridized carbons (Fsp3) is 0.375. The van der Waals surface area contributed by atoms with Gasteiger partial charge in [0.1, 0.15) is 5.82 Å². The van der Waals surface area contributed by atoms with E-state index in [1.165, 1.54) is 18.5 Å². The Balaban J connectivity index is 1.60. The van der Waals surface area contributed by atoms with Crippen LogP contribution in [-0.2, 0) is 6.18 Å². The average molecular weight is 488 g/mol. The molecule has 7 nitrogen and oxygen atoms in total. The van der Waals surface area contributed by atoms with E-state index in [1.54, 1.807) is 24.0 Å². The fourth-order valence-electron chi connectivity index (χ4n) is 4.30. The third kappa shape index (κ3) is 5.39. The van der Waals surface area contributed by atoms with E-state index in [4.69, 9.17) is 0 Å². The quantitative estimate of drug-likeness (QED) is 0.522. The molecule has 1 unspecified atom stereocenters. The number of alkyl halides is 3. The molecule has 1 saturated heterocycles. The predicted octanol–water partition coefficient (Wildman–Crippen LogP) is 4.75. The molecule has 4 rings (SSSR count). The first-order chi connectivity index (χ1) is 16.6. The summed E-state index contributed by atoms with van der Waals surface area (Å²) in [5.41, 5.74) is -0.151. The van der Waals surface area contributed by atoms with Crippen molar-refractivity contribution in [3.63, 3.8) is 0 Å². The molecule has 1 fully saturated rings. The minimum absolute atomic E-state index is 0.0307. The van der Waals surface area contributed by atoms with E-state index in [9.17, 15) is 18.0 Å². The smallest absolute Gasteiger partial charge is 0.352 e. The van der Waals surface area contributed by atoms with Gasteiger partial charge >= 0.3 is 6.18 Å². The van der Waals surface area contributed by atoms with Crippen LogP contribution >= 0.6 is 0 Å². The molecule has 0 spiro atoms. The molecular formula is C24H24F4N6O. The number of anilines is 1. The third-order valence-electron chi connectivity index (χ3n) is 6.08. The van der Waals surface area contributed by atoms with Crippen LogP contribution in [0.4, 0.5) is 23.5 Å². The summed E-state index contributed by atoms with van der Waals surface area (Å²) >= 11 is 0. The van der Waals surface area contributed by atoms with Crippen molar-refractivity contribution in [2.24, 2.45) is 5.92 Å². The molecular weight excluding hydrogens is 464 g/mol. The maximum absolute atomic E-state index is 15.0. The van der Waals surface area contributed by atoms with Gasteiger partial charge in [-0.25, -0.2) is 24.3 Å². The number of aryl methyl sites for hydroxylation is 1. The summed E-state index contributed by atoms with van der Waals surface area (Å²) in [5.74, 6) is -0.714. The second-order valence-electron chi connectivity index (χ2n) is 8.60. The number of amides is 1. The minimum atomic E-state index is -4.52. The summed E-state index contributed by atoms with van der Waals surface area (Å²) in [6.07, 6.45) is 1.50. The van der Waals surface area contributed by atoms with Gasteiger partial charge in [0.25, 0.3) is 5.91 Å². The lowest BCUT2D eigenvalue weighted by atomic mass is 9.89. The van der Waals surface area contributed by atoms with Crippen molar-refractivity contribution in [1.82, 2.24) is 24.8 Å². The van der Waals surface area contributed by atoms with E-state index in [0.29, 0.717) is 24.5 Å². The maximum Gasteiger partial charge on any atom is 0.419 e. The second-order valence-corrected chi connectivity index (χ2v) is 8.60. The molecule has 3 heterocycles. The Hall–Kier alpha value is -3.63. The summed E-state index contributed by atoms with van der Waals surface area (Å²) in [6, 6.07) is 4.26. The zero-order valence-corrected chi connectivity index (χ0v) is 19.2. The Morgan fingerprint density at radius 3 is 2.49 bits per heavy atom. The number of aromatic nitrogens is 4. The molecule has 3 aromatic rings. The number of carbonyl (C=O) groups is 1. The summed E-state index contributed by atoms with van der Waals surface area (Å²) in [5, 5.41) is 2.95. The summed E-state index contributed by atoms with van der Waals surface area (Å²) in [7, 11) is 0. The molecule has 0 bridgehead atoms. The number of rotatable bonds is 5. The standard InChI is InChI=1S/C24H24F4N6O/c1-14-9-17(20(18(25)10-14)21-29-6-4-7-30-21)22(35)34-8-3-5-15(2)19(34)13-33-23-31-11-16(12-32-23)24(26,27)28/h4,6-7,9-12,15,19H,3,5,8,13H2,1-2H3,(H,31,32,33)/t15-,19?/m1/s1. The first-order valence-corrected chi connectivity index (χ1v) is 11.2. The fourth-order valence-corrected chi connectivity index (χ4v) is 4.30. The van der Waals surface area contributed by atoms with Crippen molar-refractivity contribution in [2.45, 2.75) is 38.9 Å². The van der Waals surface area contributed by atoms with Gasteiger partial charge in [-0.15, -0.1) is 0 Å². The lowest BCUT2D eigenvalue weighted by Gasteiger charge is -2.40. The van der Waals surface area contributed by atoms with Crippen LogP contribution in [0, 0.1) is 18.7 Å². The van der Waals surface area contributed by atoms with Gasteiger partial charge < -0.3 is 10.2 Å². The molecule has 1 amide bonds. The van der Waals surface area contributed by atoms with Gasteiger partial charge in [0.15, 0.2) is 5.82 Å². The van der Waals surface area contributed by atoms with Crippen LogP contribution in [0.15, 0.2) is 43.0 Å². The van der Waals surface area contributed by atoms with Gasteiger partial charge in [-0.2, -0.15) is 13.2 Å². The van der Waals surface area contributed by atoms with Gasteiger partial charge in [0, 0.05) is 37.9 Å². The molecule has 184 valence electrons. The van der Waals surface area contributed by atoms with Gasteiger partial charge in [0.2, 0.25) is 5.95 Å². The first kappa shape index (κ1) is 24.5. The molecule has 1 aliphatic rings. The molecule has 11 heteroatoms. The zero-order chi connectivity index (χ0) is 25.2. The van der Waals surface area contributed by atoms with Crippen molar-refractivity contribution in [3.05, 3.63) is 65.5 Å². The summed E-state index contributed by atoms with van der Waals surface area (Å²) in [4.78, 5) is 31.2. The Labute approximate surface area is 199 Å². The summed E-state index contributed by atoms with van der Waals surface area (Å²) < 4.78 is 53.4. The SMILES string of the molecule is Cc1cc(F)c(-c2ncccn2)c(C(=O)N2CCC[C@@H](C)C2CNc2ncc(C(F)(F)F)cn2)c1. The molecule has 2 atom stereocenters. The maximum atomic E-state index is 15.0. The van der Waals surface area contributed by atoms with Crippen molar-refractivity contribution >= 4 is 11.9 Å². The number of nitrogens with zero attached hydrogens (tertiary/aromatic N) is 5. The molecule has 1 aliphatic heterocycles. The number of piperidine rings is 1. The van der Waals surface area contributed by atoms with Crippen LogP contribution < -0.4 is 5.32 Å². The van der Waals surface area contributed by atoms with Crippen LogP contribution in [0.1, 0.15) is 41.3 Å². The van der Waals surface area contributed by atoms with Gasteiger partial charge in [-0.3, -0.25) is 4.79 Å². The van der Waals surface area contributed by atoms with Crippen molar-refractivity contribution in [3.8, 4) is 11.4 Å². The number of carbonyl (C=O) groups excluding carboxylic acids is 1. The van der Waals surface area contributed by atoms with Gasteiger partial charge in [0.05, 0.1) is 22.7 Å². The molecule has 35 heavy (non-hydrogen) atoms. The minimum Gasteiger partial charge on any atom is -0.352 e. The summed E-state index contributed by atoms with van der Waals surface area (Å²) in [6.45, 7) is 4.38. The highest BCUT2D eigenvalue weighted by atomic mass is 19.4. The highest BCUT2D eigenvalue weighted by Crippen LogP contribution is 2.31. The number of likely N-dealkylation sites (tertiary alicyclic amines) is 1. The van der Waals surface area contributed by atoms with Crippen LogP contribution in [-0.4, -0.2) is 49.9 Å². The molecule has 1 N–H and O–H groups in total. The van der Waals surface area contributed by atoms with E-state index >= 15 is 4.39 Å². The van der Waals surface area contributed by atoms with E-state index in [0.717, 1.165) is 12.8 Å². The number of hydrogen-bond acceptors (Lipinski definition) is 6.